The minimum Gasteiger partial charge on any atom is -0.455 e. The van der Waals surface area contributed by atoms with Crippen molar-refractivity contribution in [2.75, 3.05) is 0 Å². The van der Waals surface area contributed by atoms with Crippen LogP contribution in [0.4, 0.5) is 4.39 Å². The van der Waals surface area contributed by atoms with Gasteiger partial charge in [-0.15, -0.1) is 0 Å². The number of hydrogen-bond acceptors (Lipinski definition) is 2. The second-order valence-electron chi connectivity index (χ2n) is 4.26. The summed E-state index contributed by atoms with van der Waals surface area (Å²) in [4.78, 5) is 0. The fourth-order valence-corrected chi connectivity index (χ4v) is 2.35. The molecule has 0 amide bonds. The number of halogens is 2. The van der Waals surface area contributed by atoms with E-state index in [1.54, 1.807) is 18.2 Å². The van der Waals surface area contributed by atoms with Crippen molar-refractivity contribution in [2.45, 2.75) is 6.10 Å². The quantitative estimate of drug-likeness (QED) is 0.686. The average Bonchev–Trinajstić information content (AvgIpc) is 2.84. The van der Waals surface area contributed by atoms with Gasteiger partial charge in [-0.3, -0.25) is 0 Å². The fraction of sp³-hybridized carbons (Fsp3) is 0.0667. The molecule has 2 aromatic carbocycles. The minimum atomic E-state index is -0.885. The van der Waals surface area contributed by atoms with E-state index in [2.05, 4.69) is 22.6 Å². The van der Waals surface area contributed by atoms with Crippen LogP contribution in [0.5, 0.6) is 0 Å². The molecule has 3 rings (SSSR count). The first kappa shape index (κ1) is 12.6. The van der Waals surface area contributed by atoms with E-state index in [-0.39, 0.29) is 5.58 Å². The third kappa shape index (κ3) is 2.37. The van der Waals surface area contributed by atoms with E-state index in [1.165, 1.54) is 6.07 Å². The lowest BCUT2D eigenvalue weighted by atomic mass is 10.1. The molecule has 0 bridgehead atoms. The zero-order valence-electron chi connectivity index (χ0n) is 9.81. The van der Waals surface area contributed by atoms with Crippen LogP contribution in [0.3, 0.4) is 0 Å². The van der Waals surface area contributed by atoms with Crippen molar-refractivity contribution in [3.05, 3.63) is 69.2 Å². The lowest BCUT2D eigenvalue weighted by molar-refractivity contribution is 0.192. The van der Waals surface area contributed by atoms with Crippen LogP contribution in [0.2, 0.25) is 0 Å². The Labute approximate surface area is 123 Å². The van der Waals surface area contributed by atoms with Crippen LogP contribution in [-0.2, 0) is 0 Å². The number of furan rings is 1. The van der Waals surface area contributed by atoms with E-state index in [9.17, 15) is 9.50 Å². The lowest BCUT2D eigenvalue weighted by Gasteiger charge is -2.07. The van der Waals surface area contributed by atoms with Gasteiger partial charge in [0.05, 0.1) is 0 Å². The van der Waals surface area contributed by atoms with Gasteiger partial charge in [0, 0.05) is 8.96 Å². The SMILES string of the molecule is OC(c1ccc(I)cc1)c1cc2cccc(F)c2o1. The Bertz CT molecular complexity index is 719. The zero-order chi connectivity index (χ0) is 13.4. The predicted molar refractivity (Wildman–Crippen MR) is 79.4 cm³/mol. The van der Waals surface area contributed by atoms with Crippen molar-refractivity contribution in [1.29, 1.82) is 0 Å². The van der Waals surface area contributed by atoms with Crippen LogP contribution in [-0.4, -0.2) is 5.11 Å². The van der Waals surface area contributed by atoms with Gasteiger partial charge in [-0.25, -0.2) is 4.39 Å². The summed E-state index contributed by atoms with van der Waals surface area (Å²) in [5, 5.41) is 10.9. The molecule has 1 aromatic heterocycles. The van der Waals surface area contributed by atoms with Crippen molar-refractivity contribution in [3.63, 3.8) is 0 Å². The maximum absolute atomic E-state index is 13.5. The molecule has 1 N–H and O–H groups in total. The molecule has 1 unspecified atom stereocenters. The maximum atomic E-state index is 13.5. The Morgan fingerprint density at radius 3 is 2.53 bits per heavy atom. The highest BCUT2D eigenvalue weighted by molar-refractivity contribution is 14.1. The standard InChI is InChI=1S/C15H10FIO2/c16-12-3-1-2-10-8-13(19-15(10)12)14(18)9-4-6-11(17)7-5-9/h1-8,14,18H. The summed E-state index contributed by atoms with van der Waals surface area (Å²) >= 11 is 2.20. The molecular weight excluding hydrogens is 358 g/mol. The molecule has 0 aliphatic heterocycles. The summed E-state index contributed by atoms with van der Waals surface area (Å²) < 4.78 is 20.0. The lowest BCUT2D eigenvalue weighted by Crippen LogP contribution is -1.97. The third-order valence-corrected chi connectivity index (χ3v) is 3.69. The van der Waals surface area contributed by atoms with Gasteiger partial charge in [-0.2, -0.15) is 0 Å². The molecule has 0 saturated heterocycles. The topological polar surface area (TPSA) is 33.4 Å². The Hall–Kier alpha value is -1.40. The molecule has 1 heterocycles. The van der Waals surface area contributed by atoms with E-state index < -0.39 is 11.9 Å². The fourth-order valence-electron chi connectivity index (χ4n) is 1.99. The molecule has 19 heavy (non-hydrogen) atoms. The molecule has 3 aromatic rings. The maximum Gasteiger partial charge on any atom is 0.170 e. The van der Waals surface area contributed by atoms with Crippen LogP contribution in [0, 0.1) is 9.39 Å². The summed E-state index contributed by atoms with van der Waals surface area (Å²) in [6.07, 6.45) is -0.885. The second-order valence-corrected chi connectivity index (χ2v) is 5.51. The number of aliphatic hydroxyl groups excluding tert-OH is 1. The van der Waals surface area contributed by atoms with Gasteiger partial charge >= 0.3 is 0 Å². The summed E-state index contributed by atoms with van der Waals surface area (Å²) in [6, 6.07) is 13.9. The van der Waals surface area contributed by atoms with Gasteiger partial charge in [0.1, 0.15) is 11.9 Å². The zero-order valence-corrected chi connectivity index (χ0v) is 12.0. The van der Waals surface area contributed by atoms with Gasteiger partial charge < -0.3 is 9.52 Å². The molecular formula is C15H10FIO2. The van der Waals surface area contributed by atoms with E-state index in [0.717, 1.165) is 9.13 Å². The van der Waals surface area contributed by atoms with Crippen molar-refractivity contribution >= 4 is 33.6 Å². The van der Waals surface area contributed by atoms with Gasteiger partial charge in [-0.05, 0) is 52.4 Å². The molecule has 0 spiro atoms. The Kier molecular flexibility index (Phi) is 3.28. The Morgan fingerprint density at radius 1 is 1.11 bits per heavy atom. The van der Waals surface area contributed by atoms with Crippen LogP contribution in [0.1, 0.15) is 17.4 Å². The summed E-state index contributed by atoms with van der Waals surface area (Å²) in [6.45, 7) is 0. The number of fused-ring (bicyclic) bond motifs is 1. The van der Waals surface area contributed by atoms with E-state index >= 15 is 0 Å². The molecule has 0 fully saturated rings. The molecule has 1 atom stereocenters. The average molecular weight is 368 g/mol. The monoisotopic (exact) mass is 368 g/mol. The predicted octanol–water partition coefficient (Wildman–Crippen LogP) is 4.26. The molecule has 96 valence electrons. The van der Waals surface area contributed by atoms with E-state index in [1.807, 2.05) is 24.3 Å². The van der Waals surface area contributed by atoms with E-state index in [0.29, 0.717) is 11.1 Å². The van der Waals surface area contributed by atoms with Crippen molar-refractivity contribution in [2.24, 2.45) is 0 Å². The van der Waals surface area contributed by atoms with Gasteiger partial charge in [-0.1, -0.05) is 24.3 Å². The molecule has 4 heteroatoms. The van der Waals surface area contributed by atoms with Gasteiger partial charge in [0.15, 0.2) is 11.4 Å². The Morgan fingerprint density at radius 2 is 1.84 bits per heavy atom. The highest BCUT2D eigenvalue weighted by Gasteiger charge is 2.16. The largest absolute Gasteiger partial charge is 0.455 e. The summed E-state index contributed by atoms with van der Waals surface area (Å²) in [5.74, 6) is -0.0696. The number of benzene rings is 2. The highest BCUT2D eigenvalue weighted by Crippen LogP contribution is 2.29. The molecule has 0 aliphatic rings. The van der Waals surface area contributed by atoms with Crippen molar-refractivity contribution in [1.82, 2.24) is 0 Å². The number of hydrogen-bond donors (Lipinski definition) is 1. The van der Waals surface area contributed by atoms with Crippen molar-refractivity contribution < 1.29 is 13.9 Å². The first-order chi connectivity index (χ1) is 9.15. The number of para-hydroxylation sites is 1. The smallest absolute Gasteiger partial charge is 0.170 e. The van der Waals surface area contributed by atoms with E-state index in [4.69, 9.17) is 4.42 Å². The first-order valence-corrected chi connectivity index (χ1v) is 6.84. The van der Waals surface area contributed by atoms with Crippen LogP contribution in [0.15, 0.2) is 52.9 Å². The highest BCUT2D eigenvalue weighted by atomic mass is 127. The number of aliphatic hydroxyl groups is 1. The third-order valence-electron chi connectivity index (χ3n) is 2.97. The second kappa shape index (κ2) is 4.94. The molecule has 2 nitrogen and oxygen atoms in total. The molecule has 0 aliphatic carbocycles. The summed E-state index contributed by atoms with van der Waals surface area (Å²) in [7, 11) is 0. The minimum absolute atomic E-state index is 0.182. The van der Waals surface area contributed by atoms with Crippen LogP contribution >= 0.6 is 22.6 Å². The number of rotatable bonds is 2. The van der Waals surface area contributed by atoms with Crippen molar-refractivity contribution in [3.8, 4) is 0 Å². The normalized spacial score (nSPS) is 12.8. The van der Waals surface area contributed by atoms with Crippen LogP contribution < -0.4 is 0 Å². The van der Waals surface area contributed by atoms with Crippen LogP contribution in [0.25, 0.3) is 11.0 Å². The Balaban J connectivity index is 2.04. The first-order valence-electron chi connectivity index (χ1n) is 5.76. The molecule has 0 saturated carbocycles. The van der Waals surface area contributed by atoms with Gasteiger partial charge in [0.2, 0.25) is 0 Å². The molecule has 0 radical (unpaired) electrons. The van der Waals surface area contributed by atoms with Gasteiger partial charge in [0.25, 0.3) is 0 Å². The summed E-state index contributed by atoms with van der Waals surface area (Å²) in [5.41, 5.74) is 0.905.